The Labute approximate surface area is 93.2 Å². The third-order valence-electron chi connectivity index (χ3n) is 2.53. The van der Waals surface area contributed by atoms with Crippen LogP contribution in [-0.2, 0) is 4.79 Å². The fourth-order valence-corrected chi connectivity index (χ4v) is 1.81. The first-order valence-corrected chi connectivity index (χ1v) is 5.23. The van der Waals surface area contributed by atoms with E-state index in [1.807, 2.05) is 4.90 Å². The molecule has 2 rings (SSSR count). The number of hydrogen-bond acceptors (Lipinski definition) is 3. The summed E-state index contributed by atoms with van der Waals surface area (Å²) in [6, 6.07) is 4.35. The Morgan fingerprint density at radius 1 is 1.38 bits per heavy atom. The van der Waals surface area contributed by atoms with Crippen LogP contribution < -0.4 is 16.0 Å². The van der Waals surface area contributed by atoms with Gasteiger partial charge in [0, 0.05) is 24.5 Å². The van der Waals surface area contributed by atoms with Crippen LogP contribution in [0, 0.1) is 5.82 Å². The number of carbonyl (C=O) groups is 1. The van der Waals surface area contributed by atoms with E-state index >= 15 is 0 Å². The normalized spacial score (nSPS) is 16.8. The Morgan fingerprint density at radius 2 is 2.19 bits per heavy atom. The Morgan fingerprint density at radius 3 is 2.94 bits per heavy atom. The molecule has 0 bridgehead atoms. The second kappa shape index (κ2) is 4.38. The molecule has 1 aliphatic heterocycles. The summed E-state index contributed by atoms with van der Waals surface area (Å²) in [6.45, 7) is 1.64. The van der Waals surface area contributed by atoms with Gasteiger partial charge in [-0.3, -0.25) is 4.79 Å². The molecule has 1 heterocycles. The molecule has 1 saturated heterocycles. The van der Waals surface area contributed by atoms with E-state index in [1.165, 1.54) is 12.1 Å². The zero-order chi connectivity index (χ0) is 11.5. The summed E-state index contributed by atoms with van der Waals surface area (Å²) in [5.74, 6) is -0.417. The monoisotopic (exact) mass is 223 g/mol. The quantitative estimate of drug-likeness (QED) is 0.690. The van der Waals surface area contributed by atoms with Crippen molar-refractivity contribution in [2.75, 3.05) is 30.3 Å². The molecule has 86 valence electrons. The molecule has 0 saturated carbocycles. The second-order valence-corrected chi connectivity index (χ2v) is 3.87. The van der Waals surface area contributed by atoms with Gasteiger partial charge >= 0.3 is 0 Å². The first-order chi connectivity index (χ1) is 7.65. The average Bonchev–Trinajstić information content (AvgIpc) is 2.41. The number of hydrogen-bond donors (Lipinski definition) is 2. The zero-order valence-electron chi connectivity index (χ0n) is 8.87. The Hall–Kier alpha value is -1.78. The minimum Gasteiger partial charge on any atom is -0.399 e. The van der Waals surface area contributed by atoms with E-state index in [0.717, 1.165) is 13.0 Å². The van der Waals surface area contributed by atoms with Crippen LogP contribution in [-0.4, -0.2) is 25.5 Å². The van der Waals surface area contributed by atoms with Crippen molar-refractivity contribution in [2.24, 2.45) is 0 Å². The summed E-state index contributed by atoms with van der Waals surface area (Å²) in [5.41, 5.74) is 6.61. The lowest BCUT2D eigenvalue weighted by atomic mass is 10.2. The molecule has 0 unspecified atom stereocenters. The number of rotatable bonds is 1. The molecular formula is C11H14FN3O. The Bertz CT molecular complexity index is 388. The summed E-state index contributed by atoms with van der Waals surface area (Å²) in [4.78, 5) is 13.2. The van der Waals surface area contributed by atoms with E-state index in [9.17, 15) is 9.18 Å². The van der Waals surface area contributed by atoms with Crippen molar-refractivity contribution in [2.45, 2.75) is 6.42 Å². The molecule has 3 N–H and O–H groups in total. The zero-order valence-corrected chi connectivity index (χ0v) is 8.87. The number of anilines is 2. The molecule has 1 aliphatic rings. The maximum Gasteiger partial charge on any atom is 0.239 e. The van der Waals surface area contributed by atoms with E-state index in [0.29, 0.717) is 17.9 Å². The molecular weight excluding hydrogens is 209 g/mol. The lowest BCUT2D eigenvalue weighted by Crippen LogP contribution is -2.33. The van der Waals surface area contributed by atoms with Gasteiger partial charge in [0.1, 0.15) is 5.82 Å². The molecule has 0 radical (unpaired) electrons. The maximum absolute atomic E-state index is 13.2. The van der Waals surface area contributed by atoms with Gasteiger partial charge in [-0.15, -0.1) is 0 Å². The standard InChI is InChI=1S/C11H14FN3O/c12-8-4-9(13)6-10(5-8)15-3-1-2-14-11(16)7-15/h4-6H,1-3,7,13H2,(H,14,16). The highest BCUT2D eigenvalue weighted by molar-refractivity contribution is 5.82. The minimum absolute atomic E-state index is 0.0414. The van der Waals surface area contributed by atoms with Gasteiger partial charge in [-0.1, -0.05) is 0 Å². The number of nitrogens with two attached hydrogens (primary N) is 1. The van der Waals surface area contributed by atoms with E-state index in [1.54, 1.807) is 6.07 Å². The summed E-state index contributed by atoms with van der Waals surface area (Å²) < 4.78 is 13.2. The molecule has 0 spiro atoms. The molecule has 0 aliphatic carbocycles. The number of nitrogens with zero attached hydrogens (tertiary/aromatic N) is 1. The van der Waals surface area contributed by atoms with Crippen LogP contribution in [0.5, 0.6) is 0 Å². The number of halogens is 1. The fraction of sp³-hybridized carbons (Fsp3) is 0.364. The first-order valence-electron chi connectivity index (χ1n) is 5.23. The number of benzene rings is 1. The predicted octanol–water partition coefficient (Wildman–Crippen LogP) is 0.734. The minimum atomic E-state index is -0.375. The third-order valence-corrected chi connectivity index (χ3v) is 2.53. The van der Waals surface area contributed by atoms with Crippen LogP contribution in [0.2, 0.25) is 0 Å². The van der Waals surface area contributed by atoms with Gasteiger partial charge in [-0.05, 0) is 24.6 Å². The third kappa shape index (κ3) is 2.42. The number of carbonyl (C=O) groups excluding carboxylic acids is 1. The average molecular weight is 223 g/mol. The summed E-state index contributed by atoms with van der Waals surface area (Å²) in [5, 5.41) is 2.77. The van der Waals surface area contributed by atoms with Crippen molar-refractivity contribution in [1.29, 1.82) is 0 Å². The smallest absolute Gasteiger partial charge is 0.239 e. The highest BCUT2D eigenvalue weighted by atomic mass is 19.1. The molecule has 1 fully saturated rings. The van der Waals surface area contributed by atoms with E-state index in [2.05, 4.69) is 5.32 Å². The van der Waals surface area contributed by atoms with Gasteiger partial charge < -0.3 is 16.0 Å². The van der Waals surface area contributed by atoms with Gasteiger partial charge in [0.05, 0.1) is 6.54 Å². The largest absolute Gasteiger partial charge is 0.399 e. The van der Waals surface area contributed by atoms with Gasteiger partial charge in [0.15, 0.2) is 0 Å². The van der Waals surface area contributed by atoms with Crippen LogP contribution in [0.4, 0.5) is 15.8 Å². The summed E-state index contributed by atoms with van der Waals surface area (Å²) in [6.07, 6.45) is 0.849. The van der Waals surface area contributed by atoms with Crippen LogP contribution in [0.25, 0.3) is 0 Å². The van der Waals surface area contributed by atoms with Gasteiger partial charge in [0.25, 0.3) is 0 Å². The van der Waals surface area contributed by atoms with Crippen molar-refractivity contribution in [3.8, 4) is 0 Å². The van der Waals surface area contributed by atoms with Crippen LogP contribution in [0.1, 0.15) is 6.42 Å². The molecule has 0 atom stereocenters. The predicted molar refractivity (Wildman–Crippen MR) is 60.7 cm³/mol. The highest BCUT2D eigenvalue weighted by Crippen LogP contribution is 2.20. The molecule has 16 heavy (non-hydrogen) atoms. The van der Waals surface area contributed by atoms with Crippen molar-refractivity contribution >= 4 is 17.3 Å². The van der Waals surface area contributed by atoms with Gasteiger partial charge in [0.2, 0.25) is 5.91 Å². The highest BCUT2D eigenvalue weighted by Gasteiger charge is 2.15. The van der Waals surface area contributed by atoms with Crippen LogP contribution >= 0.6 is 0 Å². The number of amides is 1. The van der Waals surface area contributed by atoms with Gasteiger partial charge in [-0.25, -0.2) is 4.39 Å². The van der Waals surface area contributed by atoms with Gasteiger partial charge in [-0.2, -0.15) is 0 Å². The molecule has 4 nitrogen and oxygen atoms in total. The van der Waals surface area contributed by atoms with Crippen molar-refractivity contribution in [3.63, 3.8) is 0 Å². The number of nitrogens with one attached hydrogen (secondary N) is 1. The van der Waals surface area contributed by atoms with E-state index in [-0.39, 0.29) is 18.3 Å². The van der Waals surface area contributed by atoms with E-state index in [4.69, 9.17) is 5.73 Å². The van der Waals surface area contributed by atoms with Crippen molar-refractivity contribution < 1.29 is 9.18 Å². The second-order valence-electron chi connectivity index (χ2n) is 3.87. The van der Waals surface area contributed by atoms with Crippen molar-refractivity contribution in [3.05, 3.63) is 24.0 Å². The Kier molecular flexibility index (Phi) is 2.94. The SMILES string of the molecule is Nc1cc(F)cc(N2CCCNC(=O)C2)c1. The topological polar surface area (TPSA) is 58.4 Å². The van der Waals surface area contributed by atoms with Crippen molar-refractivity contribution in [1.82, 2.24) is 5.32 Å². The first kappa shape index (κ1) is 10.7. The summed E-state index contributed by atoms with van der Waals surface area (Å²) in [7, 11) is 0. The maximum atomic E-state index is 13.2. The fourth-order valence-electron chi connectivity index (χ4n) is 1.81. The van der Waals surface area contributed by atoms with Crippen LogP contribution in [0.15, 0.2) is 18.2 Å². The number of nitrogen functional groups attached to an aromatic ring is 1. The molecule has 1 aromatic rings. The lowest BCUT2D eigenvalue weighted by Gasteiger charge is -2.21. The van der Waals surface area contributed by atoms with E-state index < -0.39 is 0 Å². The Balaban J connectivity index is 2.24. The summed E-state index contributed by atoms with van der Waals surface area (Å²) >= 11 is 0. The van der Waals surface area contributed by atoms with Crippen LogP contribution in [0.3, 0.4) is 0 Å². The molecule has 0 aromatic heterocycles. The molecule has 1 aromatic carbocycles. The molecule has 5 heteroatoms. The molecule has 1 amide bonds. The lowest BCUT2D eigenvalue weighted by molar-refractivity contribution is -0.119.